The van der Waals surface area contributed by atoms with Gasteiger partial charge >= 0.3 is 0 Å². The summed E-state index contributed by atoms with van der Waals surface area (Å²) >= 11 is 0. The Bertz CT molecular complexity index is 155. The highest BCUT2D eigenvalue weighted by atomic mass is 16.5. The molecule has 0 aliphatic heterocycles. The quantitative estimate of drug-likeness (QED) is 0.668. The Kier molecular flexibility index (Phi) is 3.71. The zero-order valence-electron chi connectivity index (χ0n) is 9.05. The highest BCUT2D eigenvalue weighted by Crippen LogP contribution is 2.39. The molecule has 13 heavy (non-hydrogen) atoms. The molecule has 0 aromatic heterocycles. The third kappa shape index (κ3) is 2.93. The number of nitrogens with zero attached hydrogens (tertiary/aromatic N) is 1. The van der Waals surface area contributed by atoms with E-state index in [9.17, 15) is 0 Å². The van der Waals surface area contributed by atoms with Gasteiger partial charge in [-0.25, -0.2) is 0 Å². The minimum atomic E-state index is 0.320. The van der Waals surface area contributed by atoms with Crippen LogP contribution in [0.2, 0.25) is 0 Å². The standard InChI is InChI=1S/C10H22N2O/c1-9(2)13-7-6-12(3)10(8-11)4-5-10/h9H,4-8,11H2,1-3H3. The number of hydrogen-bond acceptors (Lipinski definition) is 3. The predicted octanol–water partition coefficient (Wildman–Crippen LogP) is 0.834. The van der Waals surface area contributed by atoms with E-state index in [4.69, 9.17) is 10.5 Å². The van der Waals surface area contributed by atoms with Gasteiger partial charge in [-0.3, -0.25) is 4.90 Å². The van der Waals surface area contributed by atoms with Gasteiger partial charge in [-0.05, 0) is 33.7 Å². The maximum atomic E-state index is 5.72. The molecule has 0 saturated heterocycles. The van der Waals surface area contributed by atoms with Crippen molar-refractivity contribution in [2.45, 2.75) is 38.3 Å². The van der Waals surface area contributed by atoms with Crippen molar-refractivity contribution in [2.75, 3.05) is 26.7 Å². The molecular weight excluding hydrogens is 164 g/mol. The summed E-state index contributed by atoms with van der Waals surface area (Å²) in [4.78, 5) is 2.34. The van der Waals surface area contributed by atoms with Gasteiger partial charge in [-0.2, -0.15) is 0 Å². The van der Waals surface area contributed by atoms with Crippen molar-refractivity contribution < 1.29 is 4.74 Å². The van der Waals surface area contributed by atoms with Gasteiger partial charge in [0.2, 0.25) is 0 Å². The Labute approximate surface area is 81.2 Å². The topological polar surface area (TPSA) is 38.5 Å². The van der Waals surface area contributed by atoms with Crippen LogP contribution in [0.4, 0.5) is 0 Å². The third-order valence-corrected chi connectivity index (χ3v) is 2.89. The number of hydrogen-bond donors (Lipinski definition) is 1. The first kappa shape index (κ1) is 11.0. The molecule has 0 heterocycles. The van der Waals surface area contributed by atoms with Gasteiger partial charge in [0.25, 0.3) is 0 Å². The SMILES string of the molecule is CC(C)OCCN(C)C1(CN)CC1. The van der Waals surface area contributed by atoms with E-state index in [-0.39, 0.29) is 0 Å². The summed E-state index contributed by atoms with van der Waals surface area (Å²) in [5.41, 5.74) is 6.04. The molecule has 0 aromatic carbocycles. The molecule has 0 aromatic rings. The molecule has 1 saturated carbocycles. The summed E-state index contributed by atoms with van der Waals surface area (Å²) in [6.07, 6.45) is 2.84. The van der Waals surface area contributed by atoms with E-state index in [2.05, 4.69) is 25.8 Å². The second kappa shape index (κ2) is 4.40. The second-order valence-corrected chi connectivity index (χ2v) is 4.27. The zero-order valence-corrected chi connectivity index (χ0v) is 9.05. The highest BCUT2D eigenvalue weighted by Gasteiger charge is 2.44. The van der Waals surface area contributed by atoms with Crippen molar-refractivity contribution in [3.05, 3.63) is 0 Å². The molecule has 78 valence electrons. The summed E-state index contributed by atoms with van der Waals surface area (Å²) < 4.78 is 5.50. The van der Waals surface area contributed by atoms with Crippen LogP contribution in [-0.4, -0.2) is 43.3 Å². The van der Waals surface area contributed by atoms with Crippen LogP contribution in [0.1, 0.15) is 26.7 Å². The molecule has 1 fully saturated rings. The van der Waals surface area contributed by atoms with Crippen LogP contribution in [0.25, 0.3) is 0 Å². The second-order valence-electron chi connectivity index (χ2n) is 4.27. The van der Waals surface area contributed by atoms with E-state index in [0.717, 1.165) is 19.7 Å². The Morgan fingerprint density at radius 2 is 2.08 bits per heavy atom. The van der Waals surface area contributed by atoms with Crippen molar-refractivity contribution in [3.8, 4) is 0 Å². The van der Waals surface area contributed by atoms with E-state index in [0.29, 0.717) is 11.6 Å². The number of rotatable bonds is 6. The maximum absolute atomic E-state index is 5.72. The summed E-state index contributed by atoms with van der Waals surface area (Å²) in [5, 5.41) is 0. The Morgan fingerprint density at radius 1 is 1.46 bits per heavy atom. The highest BCUT2D eigenvalue weighted by molar-refractivity contribution is 5.03. The minimum absolute atomic E-state index is 0.320. The first-order chi connectivity index (χ1) is 6.10. The van der Waals surface area contributed by atoms with E-state index >= 15 is 0 Å². The fourth-order valence-corrected chi connectivity index (χ4v) is 1.55. The molecule has 3 nitrogen and oxygen atoms in total. The first-order valence-electron chi connectivity index (χ1n) is 5.14. The maximum Gasteiger partial charge on any atom is 0.0597 e. The predicted molar refractivity (Wildman–Crippen MR) is 54.7 cm³/mol. The van der Waals surface area contributed by atoms with Crippen LogP contribution < -0.4 is 5.73 Å². The lowest BCUT2D eigenvalue weighted by molar-refractivity contribution is 0.0536. The molecule has 0 bridgehead atoms. The molecule has 0 unspecified atom stereocenters. The summed E-state index contributed by atoms with van der Waals surface area (Å²) in [7, 11) is 2.14. The molecular formula is C10H22N2O. The molecule has 3 heteroatoms. The largest absolute Gasteiger partial charge is 0.377 e. The van der Waals surface area contributed by atoms with E-state index < -0.39 is 0 Å². The van der Waals surface area contributed by atoms with Gasteiger partial charge in [0.1, 0.15) is 0 Å². The number of likely N-dealkylation sites (N-methyl/N-ethyl adjacent to an activating group) is 1. The average molecular weight is 186 g/mol. The zero-order chi connectivity index (χ0) is 9.90. The molecule has 0 spiro atoms. The lowest BCUT2D eigenvalue weighted by Gasteiger charge is -2.26. The van der Waals surface area contributed by atoms with Gasteiger partial charge in [0.05, 0.1) is 12.7 Å². The lowest BCUT2D eigenvalue weighted by atomic mass is 10.2. The molecule has 1 aliphatic rings. The fraction of sp³-hybridized carbons (Fsp3) is 1.00. The van der Waals surface area contributed by atoms with Gasteiger partial charge in [-0.15, -0.1) is 0 Å². The Hall–Kier alpha value is -0.120. The normalized spacial score (nSPS) is 19.8. The van der Waals surface area contributed by atoms with Gasteiger partial charge < -0.3 is 10.5 Å². The lowest BCUT2D eigenvalue weighted by Crippen LogP contribution is -2.42. The van der Waals surface area contributed by atoms with Crippen molar-refractivity contribution in [1.82, 2.24) is 4.90 Å². The van der Waals surface area contributed by atoms with Crippen LogP contribution >= 0.6 is 0 Å². The molecule has 0 amide bonds. The van der Waals surface area contributed by atoms with Gasteiger partial charge in [-0.1, -0.05) is 0 Å². The molecule has 1 aliphatic carbocycles. The first-order valence-corrected chi connectivity index (χ1v) is 5.14. The van der Waals surface area contributed by atoms with Crippen molar-refractivity contribution in [2.24, 2.45) is 5.73 Å². The summed E-state index contributed by atoms with van der Waals surface area (Å²) in [6, 6.07) is 0. The number of ether oxygens (including phenoxy) is 1. The molecule has 0 atom stereocenters. The summed E-state index contributed by atoms with van der Waals surface area (Å²) in [5.74, 6) is 0. The minimum Gasteiger partial charge on any atom is -0.377 e. The molecule has 0 radical (unpaired) electrons. The average Bonchev–Trinajstić information content (AvgIpc) is 2.83. The fourth-order valence-electron chi connectivity index (χ4n) is 1.55. The monoisotopic (exact) mass is 186 g/mol. The van der Waals surface area contributed by atoms with Crippen LogP contribution in [0, 0.1) is 0 Å². The van der Waals surface area contributed by atoms with Crippen molar-refractivity contribution in [3.63, 3.8) is 0 Å². The van der Waals surface area contributed by atoms with Gasteiger partial charge in [0, 0.05) is 18.6 Å². The van der Waals surface area contributed by atoms with E-state index in [1.54, 1.807) is 0 Å². The van der Waals surface area contributed by atoms with Crippen LogP contribution in [-0.2, 0) is 4.74 Å². The molecule has 1 rings (SSSR count). The third-order valence-electron chi connectivity index (χ3n) is 2.89. The molecule has 2 N–H and O–H groups in total. The van der Waals surface area contributed by atoms with Crippen LogP contribution in [0.15, 0.2) is 0 Å². The van der Waals surface area contributed by atoms with Gasteiger partial charge in [0.15, 0.2) is 0 Å². The Morgan fingerprint density at radius 3 is 2.46 bits per heavy atom. The summed E-state index contributed by atoms with van der Waals surface area (Å²) in [6.45, 7) is 6.72. The van der Waals surface area contributed by atoms with Crippen LogP contribution in [0.5, 0.6) is 0 Å². The number of nitrogens with two attached hydrogens (primary N) is 1. The smallest absolute Gasteiger partial charge is 0.0597 e. The van der Waals surface area contributed by atoms with E-state index in [1.165, 1.54) is 12.8 Å². The van der Waals surface area contributed by atoms with Crippen molar-refractivity contribution >= 4 is 0 Å². The van der Waals surface area contributed by atoms with Crippen molar-refractivity contribution in [1.29, 1.82) is 0 Å². The van der Waals surface area contributed by atoms with Crippen LogP contribution in [0.3, 0.4) is 0 Å². The van der Waals surface area contributed by atoms with E-state index in [1.807, 2.05) is 0 Å². The Balaban J connectivity index is 2.14.